The Balaban J connectivity index is 2.89. The number of amides is 3. The van der Waals surface area contributed by atoms with Crippen molar-refractivity contribution >= 4 is 23.6 Å². The van der Waals surface area contributed by atoms with Gasteiger partial charge in [0, 0.05) is 12.2 Å². The molecule has 0 radical (unpaired) electrons. The van der Waals surface area contributed by atoms with E-state index in [1.54, 1.807) is 36.1 Å². The fraction of sp³-hybridized carbons (Fsp3) is 0.308. The van der Waals surface area contributed by atoms with Crippen LogP contribution in [0.5, 0.6) is 0 Å². The molecule has 20 heavy (non-hydrogen) atoms. The Labute approximate surface area is 116 Å². The van der Waals surface area contributed by atoms with E-state index in [9.17, 15) is 14.4 Å². The molecule has 1 aromatic rings. The number of anilines is 1. The number of nitrogens with two attached hydrogens (primary N) is 1. The van der Waals surface area contributed by atoms with Gasteiger partial charge in [0.05, 0.1) is 6.42 Å². The Morgan fingerprint density at radius 2 is 1.90 bits per heavy atom. The minimum Gasteiger partial charge on any atom is -0.481 e. The fourth-order valence-electron chi connectivity index (χ4n) is 1.75. The monoisotopic (exact) mass is 279 g/mol. The number of primary amides is 1. The van der Waals surface area contributed by atoms with Crippen molar-refractivity contribution in [1.82, 2.24) is 5.32 Å². The first-order valence-electron chi connectivity index (χ1n) is 6.05. The lowest BCUT2D eigenvalue weighted by atomic mass is 10.2. The molecule has 7 heteroatoms. The number of benzene rings is 1. The van der Waals surface area contributed by atoms with Crippen molar-refractivity contribution in [2.45, 2.75) is 19.4 Å². The highest BCUT2D eigenvalue weighted by atomic mass is 16.4. The number of nitrogens with one attached hydrogen (secondary N) is 1. The molecule has 0 aliphatic heterocycles. The van der Waals surface area contributed by atoms with E-state index in [1.165, 1.54) is 0 Å². The normalized spacial score (nSPS) is 11.4. The number of carboxylic acid groups (broad SMARTS) is 1. The fourth-order valence-corrected chi connectivity index (χ4v) is 1.75. The van der Waals surface area contributed by atoms with Crippen LogP contribution in [-0.2, 0) is 9.59 Å². The Morgan fingerprint density at radius 1 is 1.30 bits per heavy atom. The number of nitrogens with zero attached hydrogens (tertiary/aromatic N) is 1. The number of hydrogen-bond acceptors (Lipinski definition) is 4. The average Bonchev–Trinajstić information content (AvgIpc) is 2.38. The molecule has 1 rings (SSSR count). The molecule has 0 saturated heterocycles. The van der Waals surface area contributed by atoms with Gasteiger partial charge >= 0.3 is 12.0 Å². The van der Waals surface area contributed by atoms with E-state index in [0.717, 1.165) is 0 Å². The molecule has 7 nitrogen and oxygen atoms in total. The summed E-state index contributed by atoms with van der Waals surface area (Å²) in [4.78, 5) is 34.8. The van der Waals surface area contributed by atoms with Gasteiger partial charge in [0.25, 0.3) is 0 Å². The van der Waals surface area contributed by atoms with Crippen LogP contribution in [0.25, 0.3) is 0 Å². The lowest BCUT2D eigenvalue weighted by molar-refractivity contribution is -0.137. The van der Waals surface area contributed by atoms with E-state index < -0.39 is 23.9 Å². The zero-order valence-corrected chi connectivity index (χ0v) is 11.1. The van der Waals surface area contributed by atoms with Crippen LogP contribution in [0.15, 0.2) is 30.3 Å². The number of hydrogen-bond donors (Lipinski definition) is 3. The van der Waals surface area contributed by atoms with Crippen LogP contribution < -0.4 is 16.0 Å². The van der Waals surface area contributed by atoms with Gasteiger partial charge in [0.2, 0.25) is 5.91 Å². The van der Waals surface area contributed by atoms with Crippen molar-refractivity contribution in [3.05, 3.63) is 30.3 Å². The van der Waals surface area contributed by atoms with Crippen LogP contribution in [0.2, 0.25) is 0 Å². The zero-order chi connectivity index (χ0) is 15.1. The molecule has 4 N–H and O–H groups in total. The van der Waals surface area contributed by atoms with Gasteiger partial charge in [-0.15, -0.1) is 0 Å². The molecule has 0 aliphatic carbocycles. The van der Waals surface area contributed by atoms with Gasteiger partial charge in [-0.1, -0.05) is 18.2 Å². The summed E-state index contributed by atoms with van der Waals surface area (Å²) < 4.78 is 0. The molecule has 0 saturated carbocycles. The van der Waals surface area contributed by atoms with Gasteiger partial charge in [-0.25, -0.2) is 4.79 Å². The second-order valence-electron chi connectivity index (χ2n) is 4.20. The van der Waals surface area contributed by atoms with E-state index in [2.05, 4.69) is 0 Å². The molecular weight excluding hydrogens is 262 g/mol. The first-order valence-corrected chi connectivity index (χ1v) is 6.05. The van der Waals surface area contributed by atoms with Crippen molar-refractivity contribution in [2.75, 3.05) is 11.4 Å². The number of carboxylic acids is 1. The summed E-state index contributed by atoms with van der Waals surface area (Å²) in [5.41, 5.74) is 5.60. The molecule has 1 unspecified atom stereocenters. The van der Waals surface area contributed by atoms with E-state index in [-0.39, 0.29) is 13.0 Å². The molecule has 3 amide bonds. The quantitative estimate of drug-likeness (QED) is 0.704. The molecular formula is C13H17N3O4. The first-order chi connectivity index (χ1) is 9.41. The largest absolute Gasteiger partial charge is 0.481 e. The predicted octanol–water partition coefficient (Wildman–Crippen LogP) is 0.551. The minimum atomic E-state index is -0.964. The van der Waals surface area contributed by atoms with Gasteiger partial charge in [0.1, 0.15) is 6.04 Å². The van der Waals surface area contributed by atoms with Crippen LogP contribution in [0.1, 0.15) is 13.3 Å². The molecule has 0 aromatic heterocycles. The maximum Gasteiger partial charge on any atom is 0.318 e. The molecule has 1 aromatic carbocycles. The summed E-state index contributed by atoms with van der Waals surface area (Å²) in [6.07, 6.45) is -0.122. The molecule has 0 aliphatic rings. The summed E-state index contributed by atoms with van der Waals surface area (Å²) in [6.45, 7) is 1.72. The Morgan fingerprint density at radius 3 is 2.40 bits per heavy atom. The number of imide groups is 1. The lowest BCUT2D eigenvalue weighted by Crippen LogP contribution is -2.49. The Kier molecular flexibility index (Phi) is 5.52. The third-order valence-corrected chi connectivity index (χ3v) is 2.75. The van der Waals surface area contributed by atoms with Crippen molar-refractivity contribution in [3.8, 4) is 0 Å². The van der Waals surface area contributed by atoms with E-state index >= 15 is 0 Å². The van der Waals surface area contributed by atoms with Crippen LogP contribution in [0, 0.1) is 0 Å². The number of carbonyl (C=O) groups is 3. The molecule has 0 spiro atoms. The van der Waals surface area contributed by atoms with Crippen molar-refractivity contribution in [1.29, 1.82) is 0 Å². The SMILES string of the molecule is CC(C(=O)NC(N)=O)N(CCC(=O)O)c1ccccc1. The number of rotatable bonds is 6. The van der Waals surface area contributed by atoms with Gasteiger partial charge < -0.3 is 15.7 Å². The van der Waals surface area contributed by atoms with E-state index in [1.807, 2.05) is 11.4 Å². The van der Waals surface area contributed by atoms with Gasteiger partial charge in [0.15, 0.2) is 0 Å². The minimum absolute atomic E-state index is 0.122. The Bertz CT molecular complexity index is 490. The van der Waals surface area contributed by atoms with Crippen LogP contribution in [0.4, 0.5) is 10.5 Å². The van der Waals surface area contributed by atoms with Crippen LogP contribution >= 0.6 is 0 Å². The summed E-state index contributed by atoms with van der Waals surface area (Å²) in [7, 11) is 0. The highest BCUT2D eigenvalue weighted by Crippen LogP contribution is 2.17. The maximum absolute atomic E-state index is 11.8. The van der Waals surface area contributed by atoms with Gasteiger partial charge in [-0.3, -0.25) is 14.9 Å². The van der Waals surface area contributed by atoms with Crippen LogP contribution in [0.3, 0.4) is 0 Å². The van der Waals surface area contributed by atoms with Gasteiger partial charge in [-0.05, 0) is 19.1 Å². The smallest absolute Gasteiger partial charge is 0.318 e. The van der Waals surface area contributed by atoms with Crippen LogP contribution in [-0.4, -0.2) is 35.6 Å². The second kappa shape index (κ2) is 7.13. The summed E-state index contributed by atoms with van der Waals surface area (Å²) in [5.74, 6) is -1.54. The average molecular weight is 279 g/mol. The maximum atomic E-state index is 11.8. The number of aliphatic carboxylic acids is 1. The summed E-state index contributed by atoms with van der Waals surface area (Å²) in [5, 5.41) is 10.8. The molecule has 0 bridgehead atoms. The topological polar surface area (TPSA) is 113 Å². The van der Waals surface area contributed by atoms with Crippen molar-refractivity contribution < 1.29 is 19.5 Å². The van der Waals surface area contributed by atoms with E-state index in [0.29, 0.717) is 5.69 Å². The first kappa shape index (κ1) is 15.5. The number of urea groups is 1. The molecule has 108 valence electrons. The lowest BCUT2D eigenvalue weighted by Gasteiger charge is -2.29. The Hall–Kier alpha value is -2.57. The standard InChI is InChI=1S/C13H17N3O4/c1-9(12(19)15-13(14)20)16(8-7-11(17)18)10-5-3-2-4-6-10/h2-6,9H,7-8H2,1H3,(H,17,18)(H3,14,15,19,20). The molecule has 0 fully saturated rings. The van der Waals surface area contributed by atoms with Crippen molar-refractivity contribution in [2.24, 2.45) is 5.73 Å². The number of para-hydroxylation sites is 1. The highest BCUT2D eigenvalue weighted by Gasteiger charge is 2.23. The zero-order valence-electron chi connectivity index (χ0n) is 11.1. The second-order valence-corrected chi connectivity index (χ2v) is 4.20. The third-order valence-electron chi connectivity index (χ3n) is 2.75. The summed E-state index contributed by atoms with van der Waals surface area (Å²) >= 11 is 0. The van der Waals surface area contributed by atoms with E-state index in [4.69, 9.17) is 10.8 Å². The predicted molar refractivity (Wildman–Crippen MR) is 73.2 cm³/mol. The highest BCUT2D eigenvalue weighted by molar-refractivity contribution is 5.97. The van der Waals surface area contributed by atoms with Gasteiger partial charge in [-0.2, -0.15) is 0 Å². The molecule has 1 atom stereocenters. The molecule has 0 heterocycles. The summed E-state index contributed by atoms with van der Waals surface area (Å²) in [6, 6.07) is 7.24. The third kappa shape index (κ3) is 4.60. The van der Waals surface area contributed by atoms with Crippen molar-refractivity contribution in [3.63, 3.8) is 0 Å². The number of carbonyl (C=O) groups excluding carboxylic acids is 2.